The van der Waals surface area contributed by atoms with Gasteiger partial charge in [-0.05, 0) is 66.8 Å². The minimum atomic E-state index is -0.380. The average Bonchev–Trinajstić information content (AvgIpc) is 3.12. The molecule has 2 N–H and O–H groups in total. The van der Waals surface area contributed by atoms with Crippen LogP contribution < -0.4 is 10.6 Å². The van der Waals surface area contributed by atoms with Crippen LogP contribution in [0, 0.1) is 0 Å². The molecule has 0 aliphatic heterocycles. The minimum absolute atomic E-state index is 0.166. The van der Waals surface area contributed by atoms with E-state index >= 15 is 0 Å². The Morgan fingerprint density at radius 2 is 1.76 bits per heavy atom. The van der Waals surface area contributed by atoms with Crippen LogP contribution in [0.2, 0.25) is 10.0 Å². The van der Waals surface area contributed by atoms with Gasteiger partial charge in [-0.2, -0.15) is 0 Å². The smallest absolute Gasteiger partial charge is 0.258 e. The molecule has 0 unspecified atom stereocenters. The van der Waals surface area contributed by atoms with Crippen LogP contribution in [-0.4, -0.2) is 16.0 Å². The highest BCUT2D eigenvalue weighted by Gasteiger charge is 2.12. The molecule has 0 aliphatic carbocycles. The van der Waals surface area contributed by atoms with Crippen molar-refractivity contribution in [1.29, 1.82) is 0 Å². The van der Waals surface area contributed by atoms with Crippen molar-refractivity contribution in [3.05, 3.63) is 82.3 Å². The zero-order valence-electron chi connectivity index (χ0n) is 14.8. The number of anilines is 1. The van der Waals surface area contributed by atoms with Crippen molar-refractivity contribution >= 4 is 63.2 Å². The van der Waals surface area contributed by atoms with Gasteiger partial charge in [0, 0.05) is 16.3 Å². The van der Waals surface area contributed by atoms with Gasteiger partial charge in [0.2, 0.25) is 5.89 Å². The molecule has 144 valence electrons. The summed E-state index contributed by atoms with van der Waals surface area (Å²) < 4.78 is 5.76. The number of thiocarbonyl (C=S) groups is 1. The number of hydrogen-bond donors (Lipinski definition) is 2. The number of carbonyl (C=O) groups is 1. The maximum Gasteiger partial charge on any atom is 0.258 e. The Kier molecular flexibility index (Phi) is 5.49. The molecule has 0 saturated carbocycles. The lowest BCUT2D eigenvalue weighted by atomic mass is 10.2. The van der Waals surface area contributed by atoms with E-state index in [1.54, 1.807) is 42.5 Å². The molecular formula is C21H13Cl2N3O2S. The van der Waals surface area contributed by atoms with Crippen LogP contribution in [-0.2, 0) is 0 Å². The van der Waals surface area contributed by atoms with Crippen LogP contribution in [0.3, 0.4) is 0 Å². The molecule has 1 aromatic heterocycles. The molecule has 4 rings (SSSR count). The first kappa shape index (κ1) is 19.4. The molecule has 1 amide bonds. The summed E-state index contributed by atoms with van der Waals surface area (Å²) in [7, 11) is 0. The number of aromatic nitrogens is 1. The summed E-state index contributed by atoms with van der Waals surface area (Å²) in [6, 6.07) is 19.3. The summed E-state index contributed by atoms with van der Waals surface area (Å²) in [4.78, 5) is 16.7. The van der Waals surface area contributed by atoms with Crippen molar-refractivity contribution in [2.75, 3.05) is 5.32 Å². The summed E-state index contributed by atoms with van der Waals surface area (Å²) in [6.07, 6.45) is 0. The highest BCUT2D eigenvalue weighted by Crippen LogP contribution is 2.27. The molecule has 0 radical (unpaired) electrons. The van der Waals surface area contributed by atoms with Crippen LogP contribution in [0.4, 0.5) is 5.69 Å². The zero-order chi connectivity index (χ0) is 20.4. The van der Waals surface area contributed by atoms with Gasteiger partial charge >= 0.3 is 0 Å². The number of benzene rings is 3. The molecule has 29 heavy (non-hydrogen) atoms. The van der Waals surface area contributed by atoms with E-state index in [1.165, 1.54) is 0 Å². The van der Waals surface area contributed by atoms with E-state index in [2.05, 4.69) is 15.6 Å². The van der Waals surface area contributed by atoms with Crippen LogP contribution in [0.15, 0.2) is 71.1 Å². The fraction of sp³-hybridized carbons (Fsp3) is 0. The van der Waals surface area contributed by atoms with Gasteiger partial charge in [-0.1, -0.05) is 35.3 Å². The zero-order valence-corrected chi connectivity index (χ0v) is 17.1. The van der Waals surface area contributed by atoms with Gasteiger partial charge in [0.15, 0.2) is 10.7 Å². The molecule has 3 aromatic carbocycles. The molecule has 0 fully saturated rings. The van der Waals surface area contributed by atoms with Gasteiger partial charge < -0.3 is 9.73 Å². The first-order chi connectivity index (χ1) is 14.0. The maximum atomic E-state index is 12.3. The van der Waals surface area contributed by atoms with Crippen LogP contribution >= 0.6 is 35.4 Å². The third-order valence-electron chi connectivity index (χ3n) is 4.08. The highest BCUT2D eigenvalue weighted by atomic mass is 35.5. The molecule has 0 aliphatic rings. The van der Waals surface area contributed by atoms with E-state index in [0.29, 0.717) is 38.3 Å². The van der Waals surface area contributed by atoms with Crippen molar-refractivity contribution in [2.45, 2.75) is 0 Å². The van der Waals surface area contributed by atoms with Crippen molar-refractivity contribution in [3.63, 3.8) is 0 Å². The number of carbonyl (C=O) groups excluding carboxylic acids is 1. The van der Waals surface area contributed by atoms with E-state index in [9.17, 15) is 4.79 Å². The van der Waals surface area contributed by atoms with Crippen LogP contribution in [0.1, 0.15) is 10.4 Å². The normalized spacial score (nSPS) is 10.7. The van der Waals surface area contributed by atoms with Gasteiger partial charge in [-0.15, -0.1) is 0 Å². The summed E-state index contributed by atoms with van der Waals surface area (Å²) in [5, 5.41) is 6.70. The Morgan fingerprint density at radius 3 is 2.52 bits per heavy atom. The third-order valence-corrected chi connectivity index (χ3v) is 4.85. The van der Waals surface area contributed by atoms with Crippen LogP contribution in [0.5, 0.6) is 0 Å². The molecule has 0 atom stereocenters. The summed E-state index contributed by atoms with van der Waals surface area (Å²) in [5.41, 5.74) is 3.21. The van der Waals surface area contributed by atoms with Gasteiger partial charge in [0.05, 0.1) is 10.6 Å². The summed E-state index contributed by atoms with van der Waals surface area (Å²) >= 11 is 17.2. The molecule has 4 aromatic rings. The number of halogens is 2. The Hall–Kier alpha value is -2.93. The lowest BCUT2D eigenvalue weighted by Crippen LogP contribution is -2.34. The molecule has 1 heterocycles. The Labute approximate surface area is 181 Å². The van der Waals surface area contributed by atoms with E-state index in [1.807, 2.05) is 24.3 Å². The number of fused-ring (bicyclic) bond motifs is 1. The molecular weight excluding hydrogens is 429 g/mol. The monoisotopic (exact) mass is 441 g/mol. The first-order valence-electron chi connectivity index (χ1n) is 8.53. The number of nitrogens with one attached hydrogen (secondary N) is 2. The number of oxazole rings is 1. The van der Waals surface area contributed by atoms with Gasteiger partial charge in [-0.25, -0.2) is 4.98 Å². The fourth-order valence-electron chi connectivity index (χ4n) is 2.70. The second-order valence-corrected chi connectivity index (χ2v) is 7.35. The Bertz CT molecular complexity index is 1220. The van der Waals surface area contributed by atoms with Gasteiger partial charge in [0.1, 0.15) is 5.52 Å². The Balaban J connectivity index is 1.44. The number of nitrogens with zero attached hydrogens (tertiary/aromatic N) is 1. The van der Waals surface area contributed by atoms with E-state index in [0.717, 1.165) is 5.56 Å². The second-order valence-electron chi connectivity index (χ2n) is 6.10. The van der Waals surface area contributed by atoms with Crippen molar-refractivity contribution < 1.29 is 9.21 Å². The molecule has 0 spiro atoms. The topological polar surface area (TPSA) is 67.2 Å². The number of amides is 1. The second kappa shape index (κ2) is 8.21. The summed E-state index contributed by atoms with van der Waals surface area (Å²) in [6.45, 7) is 0. The van der Waals surface area contributed by atoms with Crippen molar-refractivity contribution in [2.24, 2.45) is 0 Å². The van der Waals surface area contributed by atoms with Crippen LogP contribution in [0.25, 0.3) is 22.6 Å². The largest absolute Gasteiger partial charge is 0.436 e. The number of hydrogen-bond acceptors (Lipinski definition) is 4. The Morgan fingerprint density at radius 1 is 1.00 bits per heavy atom. The van der Waals surface area contributed by atoms with Crippen molar-refractivity contribution in [3.8, 4) is 11.5 Å². The highest BCUT2D eigenvalue weighted by molar-refractivity contribution is 7.80. The van der Waals surface area contributed by atoms with Crippen molar-refractivity contribution in [1.82, 2.24) is 10.3 Å². The average molecular weight is 442 g/mol. The minimum Gasteiger partial charge on any atom is -0.436 e. The standard InChI is InChI=1S/C21H13Cl2N3O2S/c22-13-7-10-18-17(11-13)25-20(28-18)12-5-8-14(9-6-12)24-21(29)26-19(27)15-3-1-2-4-16(15)23/h1-11H,(H2,24,26,27,29). The van der Waals surface area contributed by atoms with E-state index in [-0.39, 0.29) is 11.0 Å². The fourth-order valence-corrected chi connectivity index (χ4v) is 3.30. The molecule has 0 saturated heterocycles. The first-order valence-corrected chi connectivity index (χ1v) is 9.69. The molecule has 0 bridgehead atoms. The van der Waals surface area contributed by atoms with Gasteiger partial charge in [-0.3, -0.25) is 10.1 Å². The van der Waals surface area contributed by atoms with E-state index in [4.69, 9.17) is 39.8 Å². The lowest BCUT2D eigenvalue weighted by molar-refractivity contribution is 0.0978. The van der Waals surface area contributed by atoms with Gasteiger partial charge in [0.25, 0.3) is 5.91 Å². The predicted molar refractivity (Wildman–Crippen MR) is 120 cm³/mol. The third kappa shape index (κ3) is 4.40. The SMILES string of the molecule is O=C(NC(=S)Nc1ccc(-c2nc3cc(Cl)ccc3o2)cc1)c1ccccc1Cl. The lowest BCUT2D eigenvalue weighted by Gasteiger charge is -2.10. The summed E-state index contributed by atoms with van der Waals surface area (Å²) in [5.74, 6) is 0.110. The number of rotatable bonds is 3. The van der Waals surface area contributed by atoms with E-state index < -0.39 is 0 Å². The predicted octanol–water partition coefficient (Wildman–Crippen LogP) is 5.93. The molecule has 5 nitrogen and oxygen atoms in total. The molecule has 8 heteroatoms. The quantitative estimate of drug-likeness (QED) is 0.385. The maximum absolute atomic E-state index is 12.3.